The van der Waals surface area contributed by atoms with Crippen LogP contribution in [0.1, 0.15) is 31.9 Å². The Hall–Kier alpha value is -2.78. The molecular weight excluding hydrogens is 377 g/mol. The van der Waals surface area contributed by atoms with Gasteiger partial charge in [0.05, 0.1) is 10.4 Å². The fourth-order valence-corrected chi connectivity index (χ4v) is 5.45. The molecule has 5 rings (SSSR count). The molecule has 0 saturated carbocycles. The van der Waals surface area contributed by atoms with Crippen molar-refractivity contribution in [3.8, 4) is 11.3 Å². The van der Waals surface area contributed by atoms with E-state index in [0.29, 0.717) is 5.56 Å². The fourth-order valence-electron chi connectivity index (χ4n) is 4.15. The highest BCUT2D eigenvalue weighted by Gasteiger charge is 2.20. The van der Waals surface area contributed by atoms with Crippen molar-refractivity contribution in [2.75, 3.05) is 0 Å². The first kappa shape index (κ1) is 18.3. The van der Waals surface area contributed by atoms with E-state index in [1.807, 2.05) is 25.3 Å². The van der Waals surface area contributed by atoms with E-state index in [9.17, 15) is 4.39 Å². The molecule has 0 saturated heterocycles. The molecule has 3 heteroatoms. The number of halogens is 1. The normalized spacial score (nSPS) is 12.3. The van der Waals surface area contributed by atoms with Crippen molar-refractivity contribution >= 4 is 42.3 Å². The number of nitrogens with zero attached hydrogens (tertiary/aromatic N) is 1. The van der Waals surface area contributed by atoms with Gasteiger partial charge >= 0.3 is 0 Å². The summed E-state index contributed by atoms with van der Waals surface area (Å²) in [6.07, 6.45) is 1.87. The lowest BCUT2D eigenvalue weighted by molar-refractivity contribution is 0.596. The van der Waals surface area contributed by atoms with Gasteiger partial charge < -0.3 is 0 Å². The summed E-state index contributed by atoms with van der Waals surface area (Å²) >= 11 is 1.64. The van der Waals surface area contributed by atoms with E-state index in [4.69, 9.17) is 4.98 Å². The van der Waals surface area contributed by atoms with Crippen LogP contribution in [0.3, 0.4) is 0 Å². The average molecular weight is 400 g/mol. The molecule has 0 aliphatic rings. The zero-order valence-electron chi connectivity index (χ0n) is 17.0. The van der Waals surface area contributed by atoms with Crippen LogP contribution >= 0.6 is 11.3 Å². The van der Waals surface area contributed by atoms with Crippen molar-refractivity contribution in [2.24, 2.45) is 0 Å². The quantitative estimate of drug-likeness (QED) is 0.278. The first-order chi connectivity index (χ1) is 13.8. The van der Waals surface area contributed by atoms with Gasteiger partial charge in [0.1, 0.15) is 5.82 Å². The summed E-state index contributed by atoms with van der Waals surface area (Å²) in [5, 5.41) is 4.75. The van der Waals surface area contributed by atoms with Crippen molar-refractivity contribution in [3.05, 3.63) is 77.7 Å². The summed E-state index contributed by atoms with van der Waals surface area (Å²) in [5.74, 6) is -0.153. The van der Waals surface area contributed by atoms with Crippen molar-refractivity contribution < 1.29 is 4.39 Å². The summed E-state index contributed by atoms with van der Waals surface area (Å²) in [4.78, 5) is 4.77. The fraction of sp³-hybridized carbons (Fsp3) is 0.192. The first-order valence-electron chi connectivity index (χ1n) is 9.84. The van der Waals surface area contributed by atoms with Crippen molar-refractivity contribution in [1.29, 1.82) is 0 Å². The third-order valence-corrected chi connectivity index (χ3v) is 7.03. The van der Waals surface area contributed by atoms with E-state index in [2.05, 4.69) is 57.2 Å². The number of benzene rings is 3. The van der Waals surface area contributed by atoms with Crippen LogP contribution in [-0.4, -0.2) is 4.98 Å². The summed E-state index contributed by atoms with van der Waals surface area (Å²) < 4.78 is 16.3. The molecule has 29 heavy (non-hydrogen) atoms. The topological polar surface area (TPSA) is 12.9 Å². The molecule has 0 aliphatic carbocycles. The Labute approximate surface area is 173 Å². The molecular formula is C26H22FNS. The number of aromatic nitrogens is 1. The van der Waals surface area contributed by atoms with Gasteiger partial charge in [-0.05, 0) is 59.0 Å². The molecule has 0 unspecified atom stereocenters. The van der Waals surface area contributed by atoms with Crippen LogP contribution in [0.25, 0.3) is 42.2 Å². The van der Waals surface area contributed by atoms with E-state index in [1.165, 1.54) is 16.3 Å². The van der Waals surface area contributed by atoms with Crippen LogP contribution in [-0.2, 0) is 5.41 Å². The smallest absolute Gasteiger partial charge is 0.127 e. The average Bonchev–Trinajstić information content (AvgIpc) is 3.08. The number of fused-ring (bicyclic) bond motifs is 4. The maximum Gasteiger partial charge on any atom is 0.127 e. The van der Waals surface area contributed by atoms with Crippen LogP contribution in [0.4, 0.5) is 4.39 Å². The number of thiophene rings is 1. The Balaban J connectivity index is 1.87. The largest absolute Gasteiger partial charge is 0.255 e. The summed E-state index contributed by atoms with van der Waals surface area (Å²) in [6.45, 7) is 8.60. The van der Waals surface area contributed by atoms with Gasteiger partial charge in [-0.1, -0.05) is 45.0 Å². The third kappa shape index (κ3) is 2.84. The first-order valence-corrected chi connectivity index (χ1v) is 10.7. The molecule has 5 aromatic rings. The van der Waals surface area contributed by atoms with E-state index >= 15 is 0 Å². The Kier molecular flexibility index (Phi) is 4.01. The van der Waals surface area contributed by atoms with Crippen LogP contribution in [0.15, 0.2) is 60.8 Å². The molecule has 0 radical (unpaired) electrons. The molecule has 0 amide bonds. The molecule has 0 bridgehead atoms. The van der Waals surface area contributed by atoms with Gasteiger partial charge in [-0.2, -0.15) is 0 Å². The van der Waals surface area contributed by atoms with Gasteiger partial charge in [0.15, 0.2) is 0 Å². The second kappa shape index (κ2) is 6.36. The second-order valence-electron chi connectivity index (χ2n) is 8.68. The minimum atomic E-state index is -0.153. The number of hydrogen-bond donors (Lipinski definition) is 0. The van der Waals surface area contributed by atoms with Crippen LogP contribution in [0, 0.1) is 12.7 Å². The van der Waals surface area contributed by atoms with Gasteiger partial charge in [-0.25, -0.2) is 4.39 Å². The lowest BCUT2D eigenvalue weighted by Gasteiger charge is -2.22. The predicted molar refractivity (Wildman–Crippen MR) is 123 cm³/mol. The Morgan fingerprint density at radius 3 is 2.41 bits per heavy atom. The van der Waals surface area contributed by atoms with E-state index in [1.54, 1.807) is 17.4 Å². The van der Waals surface area contributed by atoms with Gasteiger partial charge in [-0.15, -0.1) is 11.3 Å². The zero-order valence-corrected chi connectivity index (χ0v) is 17.8. The highest BCUT2D eigenvalue weighted by Crippen LogP contribution is 2.42. The van der Waals surface area contributed by atoms with Crippen molar-refractivity contribution in [3.63, 3.8) is 0 Å². The third-order valence-electron chi connectivity index (χ3n) is 5.68. The molecule has 0 aliphatic heterocycles. The summed E-state index contributed by atoms with van der Waals surface area (Å²) in [6, 6.07) is 18.5. The van der Waals surface area contributed by atoms with Crippen LogP contribution < -0.4 is 0 Å². The van der Waals surface area contributed by atoms with Crippen molar-refractivity contribution in [2.45, 2.75) is 33.1 Å². The molecule has 0 spiro atoms. The number of hydrogen-bond acceptors (Lipinski definition) is 2. The van der Waals surface area contributed by atoms with Crippen molar-refractivity contribution in [1.82, 2.24) is 4.98 Å². The van der Waals surface area contributed by atoms with Gasteiger partial charge in [0, 0.05) is 32.8 Å². The van der Waals surface area contributed by atoms with Crippen LogP contribution in [0.5, 0.6) is 0 Å². The Morgan fingerprint density at radius 2 is 1.62 bits per heavy atom. The minimum absolute atomic E-state index is 0.0173. The number of rotatable bonds is 1. The lowest BCUT2D eigenvalue weighted by Crippen LogP contribution is -2.12. The Morgan fingerprint density at radius 1 is 0.862 bits per heavy atom. The molecule has 144 valence electrons. The SMILES string of the molecule is Cc1c(F)ccc2c1sc1c(-c3cc(C(C)(C)C)c4ccccc4c3)nccc12. The van der Waals surface area contributed by atoms with Crippen LogP contribution in [0.2, 0.25) is 0 Å². The molecule has 0 atom stereocenters. The summed E-state index contributed by atoms with van der Waals surface area (Å²) in [5.41, 5.74) is 4.13. The standard InChI is InChI=1S/C26H22FNS/c1-15-22(27)10-9-19-20-11-12-28-23(25(20)29-24(15)19)17-13-16-7-5-6-8-18(16)21(14-17)26(2,3)4/h5-14H,1-4H3. The monoisotopic (exact) mass is 399 g/mol. The van der Waals surface area contributed by atoms with E-state index < -0.39 is 0 Å². The summed E-state index contributed by atoms with van der Waals surface area (Å²) in [7, 11) is 0. The maximum atomic E-state index is 14.2. The molecule has 0 fully saturated rings. The molecule has 2 heterocycles. The number of aryl methyl sites for hydroxylation is 1. The number of pyridine rings is 1. The molecule has 2 aromatic heterocycles. The van der Waals surface area contributed by atoms with E-state index in [0.717, 1.165) is 31.4 Å². The highest BCUT2D eigenvalue weighted by atomic mass is 32.1. The van der Waals surface area contributed by atoms with Gasteiger partial charge in [-0.3, -0.25) is 4.98 Å². The highest BCUT2D eigenvalue weighted by molar-refractivity contribution is 7.26. The molecule has 0 N–H and O–H groups in total. The van der Waals surface area contributed by atoms with Gasteiger partial charge in [0.25, 0.3) is 0 Å². The van der Waals surface area contributed by atoms with Gasteiger partial charge in [0.2, 0.25) is 0 Å². The predicted octanol–water partition coefficient (Wildman–Crippen LogP) is 8.01. The minimum Gasteiger partial charge on any atom is -0.255 e. The lowest BCUT2D eigenvalue weighted by atomic mass is 9.82. The second-order valence-corrected chi connectivity index (χ2v) is 9.70. The Bertz CT molecular complexity index is 1410. The zero-order chi connectivity index (χ0) is 20.3. The molecule has 3 aromatic carbocycles. The maximum absolute atomic E-state index is 14.2. The van der Waals surface area contributed by atoms with E-state index in [-0.39, 0.29) is 11.2 Å². The molecule has 1 nitrogen and oxygen atoms in total.